The van der Waals surface area contributed by atoms with Gasteiger partial charge in [0, 0.05) is 0 Å². The van der Waals surface area contributed by atoms with E-state index >= 15 is 0 Å². The third kappa shape index (κ3) is 3.05. The minimum absolute atomic E-state index is 1.57. The van der Waals surface area contributed by atoms with E-state index in [0.29, 0.717) is 0 Å². The Hall–Kier alpha value is -0.320. The fraction of sp³-hybridized carbons (Fsp3) is 0. The summed E-state index contributed by atoms with van der Waals surface area (Å²) < 4.78 is 19.6. The van der Waals surface area contributed by atoms with Crippen LogP contribution in [0.4, 0.5) is 0 Å². The molecule has 0 aromatic heterocycles. The predicted octanol–water partition coefficient (Wildman–Crippen LogP) is -3.60. The number of hydrogen-bond acceptors (Lipinski definition) is 6. The summed E-state index contributed by atoms with van der Waals surface area (Å²) in [6.07, 6.45) is 0. The molecule has 0 aliphatic rings. The summed E-state index contributed by atoms with van der Waals surface area (Å²) in [7, 11) is -11.6. The molecule has 0 aromatic rings. The molecule has 0 atom stereocenters. The lowest BCUT2D eigenvalue weighted by atomic mass is 11.7. The van der Waals surface area contributed by atoms with Crippen LogP contribution in [0.3, 0.4) is 0 Å². The molecule has 10 heteroatoms. The van der Waals surface area contributed by atoms with Gasteiger partial charge in [-0.2, -0.15) is 4.79 Å². The summed E-state index contributed by atoms with van der Waals surface area (Å²) in [5, 5.41) is -2.27. The van der Waals surface area contributed by atoms with Crippen molar-refractivity contribution in [2.45, 2.75) is 0 Å². The van der Waals surface area contributed by atoms with Gasteiger partial charge in [0.15, 0.2) is 0 Å². The van der Waals surface area contributed by atoms with Gasteiger partial charge < -0.3 is 34.2 Å². The van der Waals surface area contributed by atoms with Gasteiger partial charge in [-0.3, -0.25) is 0 Å². The zero-order valence-corrected chi connectivity index (χ0v) is 6.53. The molecule has 0 aromatic carbocycles. The van der Waals surface area contributed by atoms with E-state index in [0.717, 1.165) is 0 Å². The smallest absolute Gasteiger partial charge is 0.321 e. The van der Waals surface area contributed by atoms with E-state index in [9.17, 15) is 28.7 Å². The van der Waals surface area contributed by atoms with Crippen LogP contribution in [0.2, 0.25) is 0 Å². The molecule has 0 fully saturated rings. The maximum Gasteiger partial charge on any atom is 0.321 e. The Labute approximate surface area is 60.4 Å². The zero-order chi connectivity index (χ0) is 9.28. The average molecular weight is 198 g/mol. The van der Waals surface area contributed by atoms with E-state index in [1.807, 2.05) is 0 Å². The highest BCUT2D eigenvalue weighted by Gasteiger charge is 2.17. The molecule has 8 nitrogen and oxygen atoms in total. The lowest BCUT2D eigenvalue weighted by molar-refractivity contribution is -0.316. The summed E-state index contributed by atoms with van der Waals surface area (Å²) in [5.74, 6) is 0. The van der Waals surface area contributed by atoms with Crippen LogP contribution in [0.25, 0.3) is 5.53 Å². The molecule has 0 heterocycles. The molecule has 0 aliphatic heterocycles. The van der Waals surface area contributed by atoms with Crippen LogP contribution >= 0.6 is 15.2 Å². The van der Waals surface area contributed by atoms with Crippen molar-refractivity contribution in [2.75, 3.05) is 0 Å². The van der Waals surface area contributed by atoms with Gasteiger partial charge in [0.1, 0.15) is 0 Å². The van der Waals surface area contributed by atoms with Crippen molar-refractivity contribution < 1.29 is 33.5 Å². The second kappa shape index (κ2) is 2.97. The van der Waals surface area contributed by atoms with Crippen LogP contribution in [0.15, 0.2) is 0 Å². The summed E-state index contributed by atoms with van der Waals surface area (Å²) in [5.41, 5.74) is 7.64. The van der Waals surface area contributed by atoms with Gasteiger partial charge in [0.2, 0.25) is 0 Å². The van der Waals surface area contributed by atoms with E-state index in [1.165, 1.54) is 0 Å². The van der Waals surface area contributed by atoms with Gasteiger partial charge >= 0.3 is 5.19 Å². The number of rotatable bonds is 2. The van der Waals surface area contributed by atoms with E-state index < -0.39 is 20.4 Å². The van der Waals surface area contributed by atoms with Gasteiger partial charge in [0.05, 0.1) is 15.2 Å². The standard InChI is InChI=1S/CH4N2O6P2/c2-3-1(10(4,5)6)11(7,8)9/h(H2,4,5,6)(H2,7,8,9)/p-4. The molecule has 0 radical (unpaired) electrons. The highest BCUT2D eigenvalue weighted by Crippen LogP contribution is 2.42. The summed E-state index contributed by atoms with van der Waals surface area (Å²) in [6, 6.07) is 0. The second-order valence-electron chi connectivity index (χ2n) is 1.39. The highest BCUT2D eigenvalue weighted by atomic mass is 31.2. The lowest BCUT2D eigenvalue weighted by Gasteiger charge is -2.34. The molecular formula is CN2O6P2-4. The average Bonchev–Trinajstić information content (AvgIpc) is 1.56. The maximum atomic E-state index is 9.82. The molecular weight excluding hydrogens is 198 g/mol. The molecule has 0 saturated carbocycles. The largest absolute Gasteiger partial charge is 0.802 e. The SMILES string of the molecule is [N-]=[N+]=C(P(=O)([O-])[O-])P(=O)([O-])[O-]. The van der Waals surface area contributed by atoms with E-state index in [-0.39, 0.29) is 0 Å². The third-order valence-corrected chi connectivity index (χ3v) is 3.21. The van der Waals surface area contributed by atoms with Gasteiger partial charge in [-0.1, -0.05) is 0 Å². The van der Waals surface area contributed by atoms with Crippen molar-refractivity contribution in [1.82, 2.24) is 0 Å². The minimum Gasteiger partial charge on any atom is -0.802 e. The Kier molecular flexibility index (Phi) is 2.88. The molecule has 0 saturated heterocycles. The molecule has 64 valence electrons. The first-order valence-electron chi connectivity index (χ1n) is 1.97. The number of nitrogens with zero attached hydrogens (tertiary/aromatic N) is 2. The molecule has 0 rings (SSSR count). The topological polar surface area (TPSA) is 163 Å². The molecule has 0 unspecified atom stereocenters. The number of hydrogen-bond donors (Lipinski definition) is 0. The molecule has 0 bridgehead atoms. The molecule has 11 heavy (non-hydrogen) atoms. The Morgan fingerprint density at radius 3 is 1.36 bits per heavy atom. The van der Waals surface area contributed by atoms with Crippen molar-refractivity contribution in [3.8, 4) is 0 Å². The normalized spacial score (nSPS) is 12.4. The van der Waals surface area contributed by atoms with Gasteiger partial charge in [-0.15, -0.1) is 0 Å². The van der Waals surface area contributed by atoms with Crippen molar-refractivity contribution in [2.24, 2.45) is 0 Å². The van der Waals surface area contributed by atoms with E-state index in [1.54, 1.807) is 4.79 Å². The maximum absolute atomic E-state index is 9.82. The van der Waals surface area contributed by atoms with E-state index in [2.05, 4.69) is 0 Å². The van der Waals surface area contributed by atoms with Gasteiger partial charge in [0.25, 0.3) is 0 Å². The van der Waals surface area contributed by atoms with Crippen LogP contribution in [0, 0.1) is 0 Å². The lowest BCUT2D eigenvalue weighted by Crippen LogP contribution is -2.30. The monoisotopic (exact) mass is 198 g/mol. The fourth-order valence-corrected chi connectivity index (χ4v) is 1.68. The Bertz CT molecular complexity index is 266. The second-order valence-corrected chi connectivity index (χ2v) is 4.58. The molecule has 0 aliphatic carbocycles. The summed E-state index contributed by atoms with van der Waals surface area (Å²) in [4.78, 5) is 40.8. The minimum atomic E-state index is -5.79. The van der Waals surface area contributed by atoms with E-state index in [4.69, 9.17) is 5.53 Å². The quantitative estimate of drug-likeness (QED) is 0.192. The Morgan fingerprint density at radius 1 is 1.09 bits per heavy atom. The van der Waals surface area contributed by atoms with Crippen LogP contribution in [0.5, 0.6) is 0 Å². The van der Waals surface area contributed by atoms with Crippen molar-refractivity contribution >= 4 is 20.4 Å². The van der Waals surface area contributed by atoms with Crippen molar-refractivity contribution in [3.63, 3.8) is 0 Å². The first kappa shape index (κ1) is 10.7. The van der Waals surface area contributed by atoms with Crippen molar-refractivity contribution in [3.05, 3.63) is 5.53 Å². The third-order valence-electron chi connectivity index (χ3n) is 0.579. The fourth-order valence-electron chi connectivity index (χ4n) is 0.260. The molecule has 0 N–H and O–H groups in total. The molecule has 0 amide bonds. The van der Waals surface area contributed by atoms with Crippen LogP contribution in [0.1, 0.15) is 0 Å². The first-order valence-corrected chi connectivity index (χ1v) is 5.05. The zero-order valence-electron chi connectivity index (χ0n) is 4.74. The Morgan fingerprint density at radius 2 is 1.36 bits per heavy atom. The Balaban J connectivity index is 5.25. The van der Waals surface area contributed by atoms with Gasteiger partial charge in [-0.05, 0) is 0 Å². The van der Waals surface area contributed by atoms with Crippen LogP contribution in [-0.4, -0.2) is 9.98 Å². The summed E-state index contributed by atoms with van der Waals surface area (Å²) in [6.45, 7) is 0. The van der Waals surface area contributed by atoms with Gasteiger partial charge in [-0.25, -0.2) is 0 Å². The summed E-state index contributed by atoms with van der Waals surface area (Å²) >= 11 is 0. The van der Waals surface area contributed by atoms with Crippen LogP contribution in [-0.2, 0) is 9.13 Å². The highest BCUT2D eigenvalue weighted by molar-refractivity contribution is 7.94. The van der Waals surface area contributed by atoms with Crippen LogP contribution < -0.4 is 19.6 Å². The first-order chi connectivity index (χ1) is 4.69. The molecule has 0 spiro atoms. The van der Waals surface area contributed by atoms with Crippen molar-refractivity contribution in [1.29, 1.82) is 0 Å². The predicted molar refractivity (Wildman–Crippen MR) is 23.8 cm³/mol.